The van der Waals surface area contributed by atoms with Crippen LogP contribution >= 0.6 is 0 Å². The van der Waals surface area contributed by atoms with Crippen molar-refractivity contribution in [2.24, 2.45) is 0 Å². The number of amides is 1. The Kier molecular flexibility index (Phi) is 5.97. The van der Waals surface area contributed by atoms with Crippen LogP contribution in [-0.2, 0) is 14.8 Å². The van der Waals surface area contributed by atoms with E-state index >= 15 is 0 Å². The van der Waals surface area contributed by atoms with Gasteiger partial charge in [0, 0.05) is 20.0 Å². The van der Waals surface area contributed by atoms with E-state index in [0.29, 0.717) is 24.3 Å². The number of ether oxygens (including phenoxy) is 1. The molecular weight excluding hydrogens is 280 g/mol. The van der Waals surface area contributed by atoms with Gasteiger partial charge in [-0.3, -0.25) is 4.79 Å². The molecule has 0 saturated carbocycles. The molecule has 7 heteroatoms. The lowest BCUT2D eigenvalue weighted by molar-refractivity contribution is -0.118. The zero-order valence-electron chi connectivity index (χ0n) is 11.9. The van der Waals surface area contributed by atoms with Gasteiger partial charge in [0.15, 0.2) is 0 Å². The fraction of sp³-hybridized carbons (Fsp3) is 0.462. The quantitative estimate of drug-likeness (QED) is 0.730. The number of methoxy groups -OCH3 is 1. The van der Waals surface area contributed by atoms with Crippen LogP contribution in [0, 0.1) is 6.92 Å². The third-order valence-corrected chi connectivity index (χ3v) is 4.31. The number of sulfonamides is 1. The third-order valence-electron chi connectivity index (χ3n) is 2.69. The molecule has 1 aromatic carbocycles. The SMILES string of the molecule is COc1ccc(S(=O)(=O)NCCCNC(C)=O)c(C)c1. The van der Waals surface area contributed by atoms with Gasteiger partial charge >= 0.3 is 0 Å². The van der Waals surface area contributed by atoms with Crippen LogP contribution in [0.15, 0.2) is 23.1 Å². The van der Waals surface area contributed by atoms with Gasteiger partial charge in [0.05, 0.1) is 12.0 Å². The van der Waals surface area contributed by atoms with Crippen molar-refractivity contribution in [2.75, 3.05) is 20.2 Å². The molecule has 0 saturated heterocycles. The van der Waals surface area contributed by atoms with Crippen molar-refractivity contribution in [1.82, 2.24) is 10.0 Å². The first-order valence-corrected chi connectivity index (χ1v) is 7.74. The van der Waals surface area contributed by atoms with E-state index in [-0.39, 0.29) is 17.3 Å². The molecule has 0 bridgehead atoms. The summed E-state index contributed by atoms with van der Waals surface area (Å²) in [5.41, 5.74) is 0.624. The van der Waals surface area contributed by atoms with E-state index in [4.69, 9.17) is 4.74 Å². The standard InChI is InChI=1S/C13H20N2O4S/c1-10-9-12(19-3)5-6-13(10)20(17,18)15-8-4-7-14-11(2)16/h5-6,9,15H,4,7-8H2,1-3H3,(H,14,16). The van der Waals surface area contributed by atoms with Crippen molar-refractivity contribution < 1.29 is 17.9 Å². The summed E-state index contributed by atoms with van der Waals surface area (Å²) in [4.78, 5) is 10.9. The summed E-state index contributed by atoms with van der Waals surface area (Å²) in [7, 11) is -2.00. The van der Waals surface area contributed by atoms with Crippen LogP contribution < -0.4 is 14.8 Å². The Hall–Kier alpha value is -1.60. The smallest absolute Gasteiger partial charge is 0.240 e. The van der Waals surface area contributed by atoms with Gasteiger partial charge in [-0.1, -0.05) is 0 Å². The van der Waals surface area contributed by atoms with E-state index in [1.807, 2.05) is 0 Å². The van der Waals surface area contributed by atoms with Crippen LogP contribution in [0.5, 0.6) is 5.75 Å². The summed E-state index contributed by atoms with van der Waals surface area (Å²) in [6.07, 6.45) is 0.536. The molecule has 0 unspecified atom stereocenters. The second kappa shape index (κ2) is 7.25. The number of hydrogen-bond acceptors (Lipinski definition) is 4. The summed E-state index contributed by atoms with van der Waals surface area (Å²) in [5, 5.41) is 2.61. The van der Waals surface area contributed by atoms with Gasteiger partial charge in [0.25, 0.3) is 0 Å². The monoisotopic (exact) mass is 300 g/mol. The Bertz CT molecular complexity index is 570. The molecule has 0 radical (unpaired) electrons. The van der Waals surface area contributed by atoms with Crippen molar-refractivity contribution >= 4 is 15.9 Å². The van der Waals surface area contributed by atoms with E-state index in [2.05, 4.69) is 10.0 Å². The number of nitrogens with one attached hydrogen (secondary N) is 2. The van der Waals surface area contributed by atoms with Gasteiger partial charge in [-0.05, 0) is 37.1 Å². The van der Waals surface area contributed by atoms with Crippen LogP contribution in [0.3, 0.4) is 0 Å². The summed E-state index contributed by atoms with van der Waals surface area (Å²) < 4.78 is 31.8. The van der Waals surface area contributed by atoms with E-state index < -0.39 is 10.0 Å². The van der Waals surface area contributed by atoms with Gasteiger partial charge in [-0.25, -0.2) is 13.1 Å². The Morgan fingerprint density at radius 1 is 1.30 bits per heavy atom. The lowest BCUT2D eigenvalue weighted by atomic mass is 10.2. The van der Waals surface area contributed by atoms with Gasteiger partial charge in [-0.2, -0.15) is 0 Å². The van der Waals surface area contributed by atoms with Gasteiger partial charge in [-0.15, -0.1) is 0 Å². The maximum atomic E-state index is 12.1. The number of carbonyl (C=O) groups excluding carboxylic acids is 1. The Morgan fingerprint density at radius 2 is 2.00 bits per heavy atom. The molecule has 0 aliphatic rings. The number of benzene rings is 1. The lowest BCUT2D eigenvalue weighted by Gasteiger charge is -2.10. The number of rotatable bonds is 7. The second-order valence-electron chi connectivity index (χ2n) is 4.37. The zero-order chi connectivity index (χ0) is 15.2. The van der Waals surface area contributed by atoms with Gasteiger partial charge in [0.2, 0.25) is 15.9 Å². The molecule has 0 fully saturated rings. The number of hydrogen-bond donors (Lipinski definition) is 2. The molecule has 0 spiro atoms. The lowest BCUT2D eigenvalue weighted by Crippen LogP contribution is -2.29. The highest BCUT2D eigenvalue weighted by atomic mass is 32.2. The summed E-state index contributed by atoms with van der Waals surface area (Å²) >= 11 is 0. The van der Waals surface area contributed by atoms with Crippen LogP contribution in [-0.4, -0.2) is 34.5 Å². The summed E-state index contributed by atoms with van der Waals surface area (Å²) in [6, 6.07) is 4.80. The predicted octanol–water partition coefficient (Wildman–Crippen LogP) is 0.808. The first-order chi connectivity index (χ1) is 9.36. The highest BCUT2D eigenvalue weighted by Gasteiger charge is 2.16. The number of aryl methyl sites for hydroxylation is 1. The summed E-state index contributed by atoms with van der Waals surface area (Å²) in [5.74, 6) is 0.492. The first-order valence-electron chi connectivity index (χ1n) is 6.25. The molecule has 0 atom stereocenters. The molecule has 112 valence electrons. The maximum absolute atomic E-state index is 12.1. The van der Waals surface area contributed by atoms with Crippen molar-refractivity contribution in [1.29, 1.82) is 0 Å². The molecule has 20 heavy (non-hydrogen) atoms. The highest BCUT2D eigenvalue weighted by Crippen LogP contribution is 2.20. The van der Waals surface area contributed by atoms with Gasteiger partial charge < -0.3 is 10.1 Å². The second-order valence-corrected chi connectivity index (χ2v) is 6.10. The third kappa shape index (κ3) is 4.82. The Labute approximate surface area is 119 Å². The van der Waals surface area contributed by atoms with Crippen molar-refractivity contribution in [3.05, 3.63) is 23.8 Å². The molecule has 0 aliphatic heterocycles. The Morgan fingerprint density at radius 3 is 2.55 bits per heavy atom. The largest absolute Gasteiger partial charge is 0.497 e. The molecular formula is C13H20N2O4S. The molecule has 1 aromatic rings. The van der Waals surface area contributed by atoms with Crippen LogP contribution in [0.1, 0.15) is 18.9 Å². The topological polar surface area (TPSA) is 84.5 Å². The minimum Gasteiger partial charge on any atom is -0.497 e. The van der Waals surface area contributed by atoms with Crippen LogP contribution in [0.25, 0.3) is 0 Å². The van der Waals surface area contributed by atoms with Crippen LogP contribution in [0.4, 0.5) is 0 Å². The average molecular weight is 300 g/mol. The Balaban J connectivity index is 2.62. The average Bonchev–Trinajstić information content (AvgIpc) is 2.37. The van der Waals surface area contributed by atoms with E-state index in [1.54, 1.807) is 19.1 Å². The van der Waals surface area contributed by atoms with E-state index in [1.165, 1.54) is 20.1 Å². The highest BCUT2D eigenvalue weighted by molar-refractivity contribution is 7.89. The predicted molar refractivity (Wildman–Crippen MR) is 76.2 cm³/mol. The van der Waals surface area contributed by atoms with Gasteiger partial charge in [0.1, 0.15) is 5.75 Å². The fourth-order valence-corrected chi connectivity index (χ4v) is 2.99. The minimum atomic E-state index is -3.53. The molecule has 6 nitrogen and oxygen atoms in total. The molecule has 1 amide bonds. The van der Waals surface area contributed by atoms with Crippen LogP contribution in [0.2, 0.25) is 0 Å². The van der Waals surface area contributed by atoms with Crippen molar-refractivity contribution in [2.45, 2.75) is 25.2 Å². The summed E-state index contributed by atoms with van der Waals surface area (Å²) in [6.45, 7) is 3.85. The normalized spacial score (nSPS) is 11.2. The molecule has 2 N–H and O–H groups in total. The zero-order valence-corrected chi connectivity index (χ0v) is 12.7. The molecule has 0 aromatic heterocycles. The first kappa shape index (κ1) is 16.5. The fourth-order valence-electron chi connectivity index (χ4n) is 1.69. The molecule has 0 aliphatic carbocycles. The maximum Gasteiger partial charge on any atom is 0.240 e. The van der Waals surface area contributed by atoms with Crippen molar-refractivity contribution in [3.8, 4) is 5.75 Å². The minimum absolute atomic E-state index is 0.126. The molecule has 1 rings (SSSR count). The molecule has 0 heterocycles. The van der Waals surface area contributed by atoms with E-state index in [9.17, 15) is 13.2 Å². The number of carbonyl (C=O) groups is 1. The van der Waals surface area contributed by atoms with E-state index in [0.717, 1.165) is 0 Å². The van der Waals surface area contributed by atoms with Crippen molar-refractivity contribution in [3.63, 3.8) is 0 Å².